The highest BCUT2D eigenvalue weighted by atomic mass is 32.2. The fourth-order valence-electron chi connectivity index (χ4n) is 3.41. The van der Waals surface area contributed by atoms with Crippen LogP contribution in [-0.4, -0.2) is 32.9 Å². The molecule has 1 heterocycles. The number of rotatable bonds is 5. The van der Waals surface area contributed by atoms with Crippen LogP contribution in [0.1, 0.15) is 17.5 Å². The minimum Gasteiger partial charge on any atom is -0.497 e. The Hall–Kier alpha value is -2.11. The first-order chi connectivity index (χ1) is 12.4. The fourth-order valence-corrected chi connectivity index (χ4v) is 4.95. The first kappa shape index (κ1) is 18.7. The smallest absolute Gasteiger partial charge is 0.243 e. The van der Waals surface area contributed by atoms with Crippen LogP contribution in [0.4, 0.5) is 0 Å². The van der Waals surface area contributed by atoms with Crippen LogP contribution >= 0.6 is 0 Å². The zero-order valence-electron chi connectivity index (χ0n) is 15.3. The van der Waals surface area contributed by atoms with Gasteiger partial charge in [-0.2, -0.15) is 4.31 Å². The van der Waals surface area contributed by atoms with Gasteiger partial charge in [0.15, 0.2) is 0 Å². The molecule has 4 nitrogen and oxygen atoms in total. The summed E-state index contributed by atoms with van der Waals surface area (Å²) in [5, 5.41) is 0. The van der Waals surface area contributed by atoms with Crippen molar-refractivity contribution in [1.29, 1.82) is 0 Å². The van der Waals surface area contributed by atoms with Crippen LogP contribution in [0.2, 0.25) is 0 Å². The van der Waals surface area contributed by atoms with Gasteiger partial charge in [-0.05, 0) is 55.5 Å². The zero-order valence-corrected chi connectivity index (χ0v) is 16.1. The zero-order chi connectivity index (χ0) is 18.7. The van der Waals surface area contributed by atoms with Crippen molar-refractivity contribution in [3.8, 4) is 5.75 Å². The van der Waals surface area contributed by atoms with Gasteiger partial charge in [0.25, 0.3) is 0 Å². The highest BCUT2D eigenvalue weighted by molar-refractivity contribution is 7.89. The minimum atomic E-state index is -3.50. The van der Waals surface area contributed by atoms with E-state index in [1.165, 1.54) is 5.56 Å². The lowest BCUT2D eigenvalue weighted by Gasteiger charge is -2.33. The van der Waals surface area contributed by atoms with Crippen molar-refractivity contribution in [2.45, 2.75) is 24.7 Å². The topological polar surface area (TPSA) is 46.6 Å². The Bertz CT molecular complexity index is 870. The molecule has 0 N–H and O–H groups in total. The number of sulfonamides is 1. The predicted molar refractivity (Wildman–Crippen MR) is 104 cm³/mol. The summed E-state index contributed by atoms with van der Waals surface area (Å²) in [6.45, 7) is 6.94. The van der Waals surface area contributed by atoms with E-state index in [0.717, 1.165) is 29.7 Å². The first-order valence-corrected chi connectivity index (χ1v) is 10.2. The van der Waals surface area contributed by atoms with Gasteiger partial charge in [0.2, 0.25) is 10.0 Å². The summed E-state index contributed by atoms with van der Waals surface area (Å²) >= 11 is 0. The van der Waals surface area contributed by atoms with Gasteiger partial charge in [0, 0.05) is 13.1 Å². The van der Waals surface area contributed by atoms with Crippen LogP contribution in [0.3, 0.4) is 0 Å². The van der Waals surface area contributed by atoms with Gasteiger partial charge < -0.3 is 4.74 Å². The van der Waals surface area contributed by atoms with Gasteiger partial charge in [-0.1, -0.05) is 42.0 Å². The molecule has 5 heteroatoms. The van der Waals surface area contributed by atoms with Crippen LogP contribution in [-0.2, 0) is 16.4 Å². The van der Waals surface area contributed by atoms with E-state index in [2.05, 4.69) is 6.58 Å². The van der Waals surface area contributed by atoms with Crippen molar-refractivity contribution in [2.24, 2.45) is 5.92 Å². The van der Waals surface area contributed by atoms with Gasteiger partial charge in [-0.25, -0.2) is 8.42 Å². The van der Waals surface area contributed by atoms with Crippen molar-refractivity contribution >= 4 is 10.0 Å². The maximum atomic E-state index is 13.0. The Morgan fingerprint density at radius 3 is 2.38 bits per heavy atom. The van der Waals surface area contributed by atoms with Gasteiger partial charge in [-0.3, -0.25) is 0 Å². The molecule has 1 saturated heterocycles. The van der Waals surface area contributed by atoms with Gasteiger partial charge in [0.05, 0.1) is 12.0 Å². The van der Waals surface area contributed by atoms with E-state index in [-0.39, 0.29) is 5.92 Å². The van der Waals surface area contributed by atoms with E-state index < -0.39 is 10.0 Å². The lowest BCUT2D eigenvalue weighted by molar-refractivity contribution is 0.312. The monoisotopic (exact) mass is 371 g/mol. The molecule has 2 aromatic rings. The Kier molecular flexibility index (Phi) is 5.49. The second-order valence-corrected chi connectivity index (χ2v) is 8.92. The SMILES string of the molecule is C=C1CC(Cc2ccc(OC)cc2)CN(S(=O)(=O)c2ccc(C)cc2)C1. The molecule has 0 saturated carbocycles. The van der Waals surface area contributed by atoms with Crippen LogP contribution in [0.15, 0.2) is 65.6 Å². The normalized spacial score (nSPS) is 18.7. The van der Waals surface area contributed by atoms with E-state index in [1.807, 2.05) is 43.3 Å². The Labute approximate surface area is 156 Å². The molecular weight excluding hydrogens is 346 g/mol. The summed E-state index contributed by atoms with van der Waals surface area (Å²) in [4.78, 5) is 0.348. The number of hydrogen-bond acceptors (Lipinski definition) is 3. The summed E-state index contributed by atoms with van der Waals surface area (Å²) in [7, 11) is -1.85. The van der Waals surface area contributed by atoms with E-state index in [9.17, 15) is 8.42 Å². The van der Waals surface area contributed by atoms with E-state index in [0.29, 0.717) is 18.0 Å². The number of ether oxygens (including phenoxy) is 1. The third kappa shape index (κ3) is 4.17. The Balaban J connectivity index is 1.76. The highest BCUT2D eigenvalue weighted by Crippen LogP contribution is 2.28. The van der Waals surface area contributed by atoms with Crippen molar-refractivity contribution in [3.05, 3.63) is 71.8 Å². The molecule has 0 aliphatic carbocycles. The number of methoxy groups -OCH3 is 1. The average Bonchev–Trinajstić information content (AvgIpc) is 2.62. The fraction of sp³-hybridized carbons (Fsp3) is 0.333. The molecule has 138 valence electrons. The quantitative estimate of drug-likeness (QED) is 0.751. The summed E-state index contributed by atoms with van der Waals surface area (Å²) in [6, 6.07) is 15.0. The molecule has 1 aliphatic rings. The van der Waals surface area contributed by atoms with E-state index in [4.69, 9.17) is 4.74 Å². The molecule has 0 aromatic heterocycles. The van der Waals surface area contributed by atoms with E-state index in [1.54, 1.807) is 23.5 Å². The standard InChI is InChI=1S/C21H25NO3S/c1-16-4-10-21(11-5-16)26(23,24)22-14-17(2)12-19(15-22)13-18-6-8-20(25-3)9-7-18/h4-11,19H,2,12-15H2,1,3H3. The molecule has 0 radical (unpaired) electrons. The van der Waals surface area contributed by atoms with Gasteiger partial charge in [0.1, 0.15) is 5.75 Å². The molecule has 0 bridgehead atoms. The lowest BCUT2D eigenvalue weighted by atomic mass is 9.90. The van der Waals surface area contributed by atoms with Crippen molar-refractivity contribution in [2.75, 3.05) is 20.2 Å². The highest BCUT2D eigenvalue weighted by Gasteiger charge is 2.31. The third-order valence-corrected chi connectivity index (χ3v) is 6.61. The predicted octanol–water partition coefficient (Wildman–Crippen LogP) is 3.81. The summed E-state index contributed by atoms with van der Waals surface area (Å²) < 4.78 is 32.7. The van der Waals surface area contributed by atoms with Crippen molar-refractivity contribution in [1.82, 2.24) is 4.31 Å². The van der Waals surface area contributed by atoms with Gasteiger partial charge >= 0.3 is 0 Å². The summed E-state index contributed by atoms with van der Waals surface area (Å²) in [6.07, 6.45) is 1.68. The molecule has 1 atom stereocenters. The van der Waals surface area contributed by atoms with Crippen molar-refractivity contribution in [3.63, 3.8) is 0 Å². The third-order valence-electron chi connectivity index (χ3n) is 4.78. The maximum Gasteiger partial charge on any atom is 0.243 e. The molecule has 2 aromatic carbocycles. The molecule has 1 unspecified atom stereocenters. The summed E-state index contributed by atoms with van der Waals surface area (Å²) in [5.74, 6) is 1.05. The van der Waals surface area contributed by atoms with Crippen LogP contribution in [0.25, 0.3) is 0 Å². The number of hydrogen-bond donors (Lipinski definition) is 0. The molecule has 0 amide bonds. The molecule has 1 fully saturated rings. The van der Waals surface area contributed by atoms with Crippen molar-refractivity contribution < 1.29 is 13.2 Å². The number of benzene rings is 2. The minimum absolute atomic E-state index is 0.227. The van der Waals surface area contributed by atoms with Crippen LogP contribution in [0.5, 0.6) is 5.75 Å². The van der Waals surface area contributed by atoms with Crippen LogP contribution in [0, 0.1) is 12.8 Å². The number of aryl methyl sites for hydroxylation is 1. The first-order valence-electron chi connectivity index (χ1n) is 8.75. The Morgan fingerprint density at radius 1 is 1.12 bits per heavy atom. The lowest BCUT2D eigenvalue weighted by Crippen LogP contribution is -2.41. The van der Waals surface area contributed by atoms with E-state index >= 15 is 0 Å². The molecule has 0 spiro atoms. The average molecular weight is 372 g/mol. The molecule has 1 aliphatic heterocycles. The number of piperidine rings is 1. The largest absolute Gasteiger partial charge is 0.497 e. The van der Waals surface area contributed by atoms with Crippen LogP contribution < -0.4 is 4.74 Å². The Morgan fingerprint density at radius 2 is 1.77 bits per heavy atom. The molecular formula is C21H25NO3S. The second kappa shape index (κ2) is 7.64. The number of nitrogens with zero attached hydrogens (tertiary/aromatic N) is 1. The molecule has 26 heavy (non-hydrogen) atoms. The molecule has 3 rings (SSSR count). The maximum absolute atomic E-state index is 13.0. The van der Waals surface area contributed by atoms with Gasteiger partial charge in [-0.15, -0.1) is 0 Å². The summed E-state index contributed by atoms with van der Waals surface area (Å²) in [5.41, 5.74) is 3.19. The second-order valence-electron chi connectivity index (χ2n) is 6.98.